The van der Waals surface area contributed by atoms with Crippen molar-refractivity contribution >= 4 is 23.2 Å². The van der Waals surface area contributed by atoms with Gasteiger partial charge >= 0.3 is 0 Å². The first-order chi connectivity index (χ1) is 11.1. The van der Waals surface area contributed by atoms with E-state index in [2.05, 4.69) is 22.8 Å². The van der Waals surface area contributed by atoms with Crippen molar-refractivity contribution < 1.29 is 9.59 Å². The SMILES string of the molecule is CCCCCC(=O)N/N=C(\C)c1cccc(NC(=O)C2CC2)c1. The van der Waals surface area contributed by atoms with Crippen molar-refractivity contribution in [1.29, 1.82) is 0 Å². The lowest BCUT2D eigenvalue weighted by Gasteiger charge is -2.07. The van der Waals surface area contributed by atoms with Gasteiger partial charge in [0.25, 0.3) is 0 Å². The number of hydrogen-bond acceptors (Lipinski definition) is 3. The van der Waals surface area contributed by atoms with Crippen LogP contribution in [0, 0.1) is 5.92 Å². The van der Waals surface area contributed by atoms with Crippen molar-refractivity contribution in [1.82, 2.24) is 5.43 Å². The number of amides is 2. The number of nitrogens with one attached hydrogen (secondary N) is 2. The molecule has 1 aliphatic rings. The molecule has 2 N–H and O–H groups in total. The number of hydrazone groups is 1. The molecule has 23 heavy (non-hydrogen) atoms. The average Bonchev–Trinajstić information content (AvgIpc) is 3.38. The Morgan fingerprint density at radius 2 is 2.04 bits per heavy atom. The van der Waals surface area contributed by atoms with E-state index in [-0.39, 0.29) is 17.7 Å². The molecule has 0 unspecified atom stereocenters. The summed E-state index contributed by atoms with van der Waals surface area (Å²) in [6.45, 7) is 3.95. The summed E-state index contributed by atoms with van der Waals surface area (Å²) < 4.78 is 0. The van der Waals surface area contributed by atoms with Crippen LogP contribution in [0.15, 0.2) is 29.4 Å². The van der Waals surface area contributed by atoms with Gasteiger partial charge in [0.2, 0.25) is 11.8 Å². The van der Waals surface area contributed by atoms with Gasteiger partial charge in [-0.1, -0.05) is 31.9 Å². The van der Waals surface area contributed by atoms with Crippen LogP contribution >= 0.6 is 0 Å². The number of carbonyl (C=O) groups excluding carboxylic acids is 2. The molecule has 5 heteroatoms. The minimum atomic E-state index is -0.0593. The highest BCUT2D eigenvalue weighted by Gasteiger charge is 2.29. The van der Waals surface area contributed by atoms with Crippen molar-refractivity contribution in [3.63, 3.8) is 0 Å². The normalized spacial score (nSPS) is 14.4. The largest absolute Gasteiger partial charge is 0.326 e. The van der Waals surface area contributed by atoms with Crippen LogP contribution in [0.1, 0.15) is 57.9 Å². The number of nitrogens with zero attached hydrogens (tertiary/aromatic N) is 1. The molecule has 1 aromatic carbocycles. The molecule has 2 rings (SSSR count). The Morgan fingerprint density at radius 1 is 1.26 bits per heavy atom. The van der Waals surface area contributed by atoms with Gasteiger partial charge in [-0.05, 0) is 43.9 Å². The molecule has 1 aliphatic carbocycles. The standard InChI is InChI=1S/C18H25N3O2/c1-3-4-5-9-17(22)21-20-13(2)15-7-6-8-16(12-15)19-18(23)14-10-11-14/h6-8,12,14H,3-5,9-11H2,1-2H3,(H,19,23)(H,21,22)/b20-13+. The molecule has 0 atom stereocenters. The highest BCUT2D eigenvalue weighted by Crippen LogP contribution is 2.30. The van der Waals surface area contributed by atoms with E-state index in [1.165, 1.54) is 0 Å². The van der Waals surface area contributed by atoms with Crippen LogP contribution < -0.4 is 10.7 Å². The Morgan fingerprint density at radius 3 is 2.74 bits per heavy atom. The lowest BCUT2D eigenvalue weighted by Crippen LogP contribution is -2.19. The van der Waals surface area contributed by atoms with Crippen LogP contribution in [0.5, 0.6) is 0 Å². The topological polar surface area (TPSA) is 70.6 Å². The summed E-state index contributed by atoms with van der Waals surface area (Å²) in [5.74, 6) is 0.202. The lowest BCUT2D eigenvalue weighted by atomic mass is 10.1. The van der Waals surface area contributed by atoms with E-state index >= 15 is 0 Å². The predicted molar refractivity (Wildman–Crippen MR) is 92.3 cm³/mol. The van der Waals surface area contributed by atoms with Gasteiger partial charge in [-0.3, -0.25) is 9.59 Å². The maximum absolute atomic E-state index is 11.8. The molecule has 1 aromatic rings. The van der Waals surface area contributed by atoms with Gasteiger partial charge in [-0.15, -0.1) is 0 Å². The lowest BCUT2D eigenvalue weighted by molar-refractivity contribution is -0.121. The third-order valence-corrected chi connectivity index (χ3v) is 3.85. The zero-order valence-corrected chi connectivity index (χ0v) is 13.9. The van der Waals surface area contributed by atoms with Gasteiger partial charge in [0, 0.05) is 18.0 Å². The maximum atomic E-state index is 11.8. The third-order valence-electron chi connectivity index (χ3n) is 3.85. The van der Waals surface area contributed by atoms with E-state index < -0.39 is 0 Å². The molecule has 124 valence electrons. The average molecular weight is 315 g/mol. The molecule has 0 aliphatic heterocycles. The van der Waals surface area contributed by atoms with Gasteiger partial charge < -0.3 is 5.32 Å². The minimum absolute atomic E-state index is 0.0593. The second kappa shape index (κ2) is 8.46. The molecule has 0 radical (unpaired) electrons. The molecule has 1 fully saturated rings. The molecule has 0 heterocycles. The van der Waals surface area contributed by atoms with E-state index in [0.717, 1.165) is 49.1 Å². The Bertz CT molecular complexity index is 592. The number of rotatable bonds is 8. The van der Waals surface area contributed by atoms with Crippen LogP contribution in [-0.4, -0.2) is 17.5 Å². The molecule has 2 amide bonds. The first-order valence-electron chi connectivity index (χ1n) is 8.34. The van der Waals surface area contributed by atoms with Crippen LogP contribution in [0.25, 0.3) is 0 Å². The second-order valence-corrected chi connectivity index (χ2v) is 6.03. The summed E-state index contributed by atoms with van der Waals surface area (Å²) in [7, 11) is 0. The first kappa shape index (κ1) is 17.2. The van der Waals surface area contributed by atoms with Crippen molar-refractivity contribution in [2.45, 2.75) is 52.4 Å². The number of unbranched alkanes of at least 4 members (excludes halogenated alkanes) is 2. The van der Waals surface area contributed by atoms with Gasteiger partial charge in [-0.25, -0.2) is 5.43 Å². The van der Waals surface area contributed by atoms with Crippen molar-refractivity contribution in [2.24, 2.45) is 11.0 Å². The highest BCUT2D eigenvalue weighted by atomic mass is 16.2. The molecule has 0 spiro atoms. The summed E-state index contributed by atoms with van der Waals surface area (Å²) in [5, 5.41) is 7.06. The van der Waals surface area contributed by atoms with Gasteiger partial charge in [0.05, 0.1) is 5.71 Å². The molecular weight excluding hydrogens is 290 g/mol. The van der Waals surface area contributed by atoms with Crippen LogP contribution in [-0.2, 0) is 9.59 Å². The monoisotopic (exact) mass is 315 g/mol. The molecule has 0 aromatic heterocycles. The van der Waals surface area contributed by atoms with E-state index in [0.29, 0.717) is 6.42 Å². The van der Waals surface area contributed by atoms with Crippen molar-refractivity contribution in [3.8, 4) is 0 Å². The summed E-state index contributed by atoms with van der Waals surface area (Å²) in [6, 6.07) is 7.53. The molecule has 0 bridgehead atoms. The molecule has 1 saturated carbocycles. The molecule has 0 saturated heterocycles. The number of anilines is 1. The van der Waals surface area contributed by atoms with Crippen LogP contribution in [0.3, 0.4) is 0 Å². The molecule has 5 nitrogen and oxygen atoms in total. The fourth-order valence-corrected chi connectivity index (χ4v) is 2.21. The van der Waals surface area contributed by atoms with Gasteiger partial charge in [-0.2, -0.15) is 5.10 Å². The Hall–Kier alpha value is -2.17. The van der Waals surface area contributed by atoms with E-state index in [9.17, 15) is 9.59 Å². The van der Waals surface area contributed by atoms with Crippen LogP contribution in [0.4, 0.5) is 5.69 Å². The fraction of sp³-hybridized carbons (Fsp3) is 0.500. The van der Waals surface area contributed by atoms with Gasteiger partial charge in [0.1, 0.15) is 0 Å². The summed E-state index contributed by atoms with van der Waals surface area (Å²) in [5.41, 5.74) is 4.96. The van der Waals surface area contributed by atoms with Gasteiger partial charge in [0.15, 0.2) is 0 Å². The number of benzene rings is 1. The maximum Gasteiger partial charge on any atom is 0.240 e. The summed E-state index contributed by atoms with van der Waals surface area (Å²) in [6.07, 6.45) is 5.50. The molecular formula is C18H25N3O2. The zero-order valence-electron chi connectivity index (χ0n) is 13.9. The summed E-state index contributed by atoms with van der Waals surface area (Å²) >= 11 is 0. The Balaban J connectivity index is 1.90. The van der Waals surface area contributed by atoms with Crippen molar-refractivity contribution in [2.75, 3.05) is 5.32 Å². The number of carbonyl (C=O) groups is 2. The number of hydrogen-bond donors (Lipinski definition) is 2. The first-order valence-corrected chi connectivity index (χ1v) is 8.34. The fourth-order valence-electron chi connectivity index (χ4n) is 2.21. The summed E-state index contributed by atoms with van der Waals surface area (Å²) in [4.78, 5) is 23.5. The Kier molecular flexibility index (Phi) is 6.32. The van der Waals surface area contributed by atoms with E-state index in [1.807, 2.05) is 31.2 Å². The second-order valence-electron chi connectivity index (χ2n) is 6.03. The van der Waals surface area contributed by atoms with E-state index in [1.54, 1.807) is 0 Å². The van der Waals surface area contributed by atoms with Crippen molar-refractivity contribution in [3.05, 3.63) is 29.8 Å². The smallest absolute Gasteiger partial charge is 0.240 e. The van der Waals surface area contributed by atoms with E-state index in [4.69, 9.17) is 0 Å². The van der Waals surface area contributed by atoms with Crippen LogP contribution in [0.2, 0.25) is 0 Å². The minimum Gasteiger partial charge on any atom is -0.326 e. The zero-order chi connectivity index (χ0) is 16.7. The quantitative estimate of drug-likeness (QED) is 0.438. The highest BCUT2D eigenvalue weighted by molar-refractivity contribution is 6.01. The Labute approximate surface area is 137 Å². The third kappa shape index (κ3) is 5.85. The predicted octanol–water partition coefficient (Wildman–Crippen LogP) is 3.46.